The van der Waals surface area contributed by atoms with Crippen molar-refractivity contribution in [1.82, 2.24) is 10.6 Å². The summed E-state index contributed by atoms with van der Waals surface area (Å²) in [5, 5.41) is 5.80. The van der Waals surface area contributed by atoms with E-state index in [4.69, 9.17) is 9.47 Å². The molecule has 0 aliphatic carbocycles. The molecular weight excluding hydrogens is 268 g/mol. The molecule has 0 saturated carbocycles. The van der Waals surface area contributed by atoms with E-state index in [9.17, 15) is 4.79 Å². The van der Waals surface area contributed by atoms with Gasteiger partial charge in [-0.1, -0.05) is 6.07 Å². The van der Waals surface area contributed by atoms with Crippen LogP contribution in [-0.4, -0.2) is 39.8 Å². The van der Waals surface area contributed by atoms with Crippen LogP contribution in [0.5, 0.6) is 11.5 Å². The van der Waals surface area contributed by atoms with Crippen LogP contribution in [0.2, 0.25) is 0 Å². The van der Waals surface area contributed by atoms with E-state index in [1.54, 1.807) is 19.2 Å². The van der Waals surface area contributed by atoms with E-state index < -0.39 is 0 Å². The molecule has 0 aliphatic rings. The van der Waals surface area contributed by atoms with Gasteiger partial charge >= 0.3 is 0 Å². The third kappa shape index (κ3) is 7.54. The molecule has 0 unspecified atom stereocenters. The van der Waals surface area contributed by atoms with Crippen LogP contribution in [0.25, 0.3) is 0 Å². The van der Waals surface area contributed by atoms with Crippen molar-refractivity contribution in [3.05, 3.63) is 24.3 Å². The normalized spacial score (nSPS) is 9.37. The lowest BCUT2D eigenvalue weighted by molar-refractivity contribution is -0.123. The highest BCUT2D eigenvalue weighted by atomic mass is 35.5. The van der Waals surface area contributed by atoms with Crippen LogP contribution in [0.1, 0.15) is 6.42 Å². The number of nitrogens with one attached hydrogen (secondary N) is 2. The van der Waals surface area contributed by atoms with Crippen molar-refractivity contribution >= 4 is 18.3 Å². The Labute approximate surface area is 120 Å². The Morgan fingerprint density at radius 3 is 2.68 bits per heavy atom. The predicted molar refractivity (Wildman–Crippen MR) is 77.3 cm³/mol. The maximum Gasteiger partial charge on any atom is 0.257 e. The molecule has 1 aromatic carbocycles. The van der Waals surface area contributed by atoms with Crippen LogP contribution in [-0.2, 0) is 4.79 Å². The van der Waals surface area contributed by atoms with E-state index in [0.717, 1.165) is 13.0 Å². The van der Waals surface area contributed by atoms with Gasteiger partial charge in [0.15, 0.2) is 6.61 Å². The van der Waals surface area contributed by atoms with Gasteiger partial charge in [0, 0.05) is 12.6 Å². The molecule has 0 spiro atoms. The molecule has 6 heteroatoms. The summed E-state index contributed by atoms with van der Waals surface area (Å²) in [4.78, 5) is 11.4. The van der Waals surface area contributed by atoms with Crippen LogP contribution in [0.4, 0.5) is 0 Å². The van der Waals surface area contributed by atoms with Crippen molar-refractivity contribution in [2.45, 2.75) is 6.42 Å². The number of rotatable bonds is 8. The summed E-state index contributed by atoms with van der Waals surface area (Å²) < 4.78 is 10.4. The first kappa shape index (κ1) is 17.5. The maximum absolute atomic E-state index is 11.4. The number of halogens is 1. The molecule has 1 aromatic rings. The molecule has 0 fully saturated rings. The Bertz CT molecular complexity index is 375. The Hall–Kier alpha value is -1.46. The number of hydrogen-bond acceptors (Lipinski definition) is 4. The number of amides is 1. The lowest BCUT2D eigenvalue weighted by Crippen LogP contribution is -2.30. The van der Waals surface area contributed by atoms with Gasteiger partial charge < -0.3 is 20.1 Å². The fourth-order valence-electron chi connectivity index (χ4n) is 1.38. The summed E-state index contributed by atoms with van der Waals surface area (Å²) >= 11 is 0. The van der Waals surface area contributed by atoms with Crippen molar-refractivity contribution in [3.8, 4) is 11.5 Å². The zero-order valence-electron chi connectivity index (χ0n) is 11.3. The average molecular weight is 289 g/mol. The molecule has 1 rings (SSSR count). The summed E-state index contributed by atoms with van der Waals surface area (Å²) in [6, 6.07) is 7.18. The molecule has 0 bridgehead atoms. The van der Waals surface area contributed by atoms with Gasteiger partial charge in [-0.15, -0.1) is 12.4 Å². The molecule has 0 radical (unpaired) electrons. The van der Waals surface area contributed by atoms with Gasteiger partial charge in [0.05, 0.1) is 7.11 Å². The van der Waals surface area contributed by atoms with Crippen LogP contribution >= 0.6 is 12.4 Å². The second kappa shape index (κ2) is 10.5. The monoisotopic (exact) mass is 288 g/mol. The van der Waals surface area contributed by atoms with Crippen molar-refractivity contribution in [3.63, 3.8) is 0 Å². The third-order valence-corrected chi connectivity index (χ3v) is 2.34. The summed E-state index contributed by atoms with van der Waals surface area (Å²) in [6.07, 6.45) is 0.904. The molecule has 5 nitrogen and oxygen atoms in total. The second-order valence-corrected chi connectivity index (χ2v) is 3.77. The molecule has 1 amide bonds. The number of ether oxygens (including phenoxy) is 2. The minimum atomic E-state index is -0.117. The molecule has 2 N–H and O–H groups in total. The number of benzene rings is 1. The zero-order chi connectivity index (χ0) is 13.2. The summed E-state index contributed by atoms with van der Waals surface area (Å²) in [7, 11) is 3.47. The molecule has 0 atom stereocenters. The minimum absolute atomic E-state index is 0. The number of carbonyl (C=O) groups excluding carboxylic acids is 1. The predicted octanol–water partition coefficient (Wildman–Crippen LogP) is 1.22. The Balaban J connectivity index is 0.00000324. The molecule has 0 saturated heterocycles. The minimum Gasteiger partial charge on any atom is -0.497 e. The van der Waals surface area contributed by atoms with E-state index in [1.165, 1.54) is 0 Å². The highest BCUT2D eigenvalue weighted by molar-refractivity contribution is 5.85. The van der Waals surface area contributed by atoms with Gasteiger partial charge in [0.2, 0.25) is 0 Å². The first-order valence-electron chi connectivity index (χ1n) is 5.94. The number of methoxy groups -OCH3 is 1. The highest BCUT2D eigenvalue weighted by Crippen LogP contribution is 2.18. The van der Waals surface area contributed by atoms with Crippen molar-refractivity contribution < 1.29 is 14.3 Å². The fraction of sp³-hybridized carbons (Fsp3) is 0.462. The van der Waals surface area contributed by atoms with Gasteiger partial charge in [0.1, 0.15) is 11.5 Å². The SMILES string of the molecule is CNCCCNC(=O)COc1cccc(OC)c1.Cl. The summed E-state index contributed by atoms with van der Waals surface area (Å²) in [6.45, 7) is 1.56. The maximum atomic E-state index is 11.4. The molecule has 0 aromatic heterocycles. The smallest absolute Gasteiger partial charge is 0.257 e. The van der Waals surface area contributed by atoms with E-state index in [0.29, 0.717) is 18.0 Å². The van der Waals surface area contributed by atoms with Gasteiger partial charge in [-0.05, 0) is 32.1 Å². The summed E-state index contributed by atoms with van der Waals surface area (Å²) in [5.74, 6) is 1.22. The first-order valence-corrected chi connectivity index (χ1v) is 5.94. The van der Waals surface area contributed by atoms with E-state index in [2.05, 4.69) is 10.6 Å². The van der Waals surface area contributed by atoms with E-state index in [1.807, 2.05) is 19.2 Å². The van der Waals surface area contributed by atoms with Crippen LogP contribution in [0.15, 0.2) is 24.3 Å². The van der Waals surface area contributed by atoms with Crippen molar-refractivity contribution in [2.24, 2.45) is 0 Å². The lowest BCUT2D eigenvalue weighted by Gasteiger charge is -2.08. The average Bonchev–Trinajstić information content (AvgIpc) is 2.41. The van der Waals surface area contributed by atoms with Gasteiger partial charge in [0.25, 0.3) is 5.91 Å². The molecule has 19 heavy (non-hydrogen) atoms. The second-order valence-electron chi connectivity index (χ2n) is 3.77. The van der Waals surface area contributed by atoms with Crippen LogP contribution in [0, 0.1) is 0 Å². The fourth-order valence-corrected chi connectivity index (χ4v) is 1.38. The molecule has 0 heterocycles. The summed E-state index contributed by atoms with van der Waals surface area (Å²) in [5.41, 5.74) is 0. The van der Waals surface area contributed by atoms with Gasteiger partial charge in [-0.3, -0.25) is 4.79 Å². The topological polar surface area (TPSA) is 59.6 Å². The van der Waals surface area contributed by atoms with Gasteiger partial charge in [-0.25, -0.2) is 0 Å². The molecular formula is C13H21ClN2O3. The Morgan fingerprint density at radius 1 is 1.26 bits per heavy atom. The van der Waals surface area contributed by atoms with Crippen LogP contribution in [0.3, 0.4) is 0 Å². The Morgan fingerprint density at radius 2 is 2.00 bits per heavy atom. The third-order valence-electron chi connectivity index (χ3n) is 2.34. The lowest BCUT2D eigenvalue weighted by atomic mass is 10.3. The highest BCUT2D eigenvalue weighted by Gasteiger charge is 2.02. The number of hydrogen-bond donors (Lipinski definition) is 2. The standard InChI is InChI=1S/C13H20N2O3.ClH/c1-14-7-4-8-15-13(16)10-18-12-6-3-5-11(9-12)17-2;/h3,5-6,9,14H,4,7-8,10H2,1-2H3,(H,15,16);1H. The number of carbonyl (C=O) groups is 1. The molecule has 108 valence electrons. The quantitative estimate of drug-likeness (QED) is 0.706. The largest absolute Gasteiger partial charge is 0.497 e. The molecule has 0 aliphatic heterocycles. The van der Waals surface area contributed by atoms with Crippen LogP contribution < -0.4 is 20.1 Å². The van der Waals surface area contributed by atoms with Gasteiger partial charge in [-0.2, -0.15) is 0 Å². The van der Waals surface area contributed by atoms with Crippen molar-refractivity contribution in [2.75, 3.05) is 33.9 Å². The zero-order valence-corrected chi connectivity index (χ0v) is 12.1. The first-order chi connectivity index (χ1) is 8.76. The van der Waals surface area contributed by atoms with E-state index >= 15 is 0 Å². The Kier molecular flexibility index (Phi) is 9.66. The van der Waals surface area contributed by atoms with E-state index in [-0.39, 0.29) is 24.9 Å². The van der Waals surface area contributed by atoms with Crippen molar-refractivity contribution in [1.29, 1.82) is 0 Å².